The fraction of sp³-hybridized carbons (Fsp3) is 0.375. The van der Waals surface area contributed by atoms with Crippen LogP contribution in [0.1, 0.15) is 50.3 Å². The Labute approximate surface area is 259 Å². The Morgan fingerprint density at radius 3 is 2.05 bits per heavy atom. The Morgan fingerprint density at radius 2 is 1.50 bits per heavy atom. The molecule has 0 heterocycles. The van der Waals surface area contributed by atoms with Crippen LogP contribution in [0, 0.1) is 6.92 Å². The smallest absolute Gasteiger partial charge is 0.243 e. The van der Waals surface area contributed by atoms with Crippen LogP contribution in [-0.2, 0) is 32.6 Å². The highest BCUT2D eigenvalue weighted by Gasteiger charge is 2.33. The molecule has 0 aromatic heterocycles. The van der Waals surface area contributed by atoms with Crippen molar-refractivity contribution in [2.75, 3.05) is 17.1 Å². The quantitative estimate of drug-likeness (QED) is 0.250. The van der Waals surface area contributed by atoms with E-state index in [1.807, 2.05) is 70.2 Å². The van der Waals surface area contributed by atoms with Crippen LogP contribution in [0.25, 0.3) is 0 Å². The fourth-order valence-corrected chi connectivity index (χ4v) is 6.06. The first-order valence-electron chi connectivity index (χ1n) is 13.8. The standard InChI is InChI=1S/C32H39Cl2N3O4S/c1-23-16-18-25(19-17-23)37(42(5,40)41)20-10-15-30(38)36(22-26-27(33)13-9-14-28(26)34)29(31(39)35-32(2,3)4)21-24-11-7-6-8-12-24/h6-9,11-14,16-19,29H,10,15,20-22H2,1-5H3,(H,35,39). The summed E-state index contributed by atoms with van der Waals surface area (Å²) in [5.41, 5.74) is 2.42. The van der Waals surface area contributed by atoms with Crippen LogP contribution in [0.5, 0.6) is 0 Å². The molecule has 1 atom stereocenters. The van der Waals surface area contributed by atoms with E-state index in [1.165, 1.54) is 9.21 Å². The molecule has 3 aromatic carbocycles. The first-order chi connectivity index (χ1) is 19.7. The predicted molar refractivity (Wildman–Crippen MR) is 171 cm³/mol. The Bertz CT molecular complexity index is 1450. The molecular weight excluding hydrogens is 593 g/mol. The van der Waals surface area contributed by atoms with Gasteiger partial charge in [0.25, 0.3) is 0 Å². The molecule has 0 saturated carbocycles. The number of amides is 2. The van der Waals surface area contributed by atoms with Crippen LogP contribution in [0.15, 0.2) is 72.8 Å². The van der Waals surface area contributed by atoms with E-state index >= 15 is 0 Å². The summed E-state index contributed by atoms with van der Waals surface area (Å²) in [7, 11) is -3.59. The Balaban J connectivity index is 1.94. The minimum absolute atomic E-state index is 0.00798. The number of nitrogens with zero attached hydrogens (tertiary/aromatic N) is 2. The third kappa shape index (κ3) is 9.75. The summed E-state index contributed by atoms with van der Waals surface area (Å²) in [4.78, 5) is 29.2. The summed E-state index contributed by atoms with van der Waals surface area (Å²) in [6.45, 7) is 7.69. The van der Waals surface area contributed by atoms with Gasteiger partial charge in [0, 0.05) is 47.1 Å². The van der Waals surface area contributed by atoms with Crippen molar-refractivity contribution in [1.29, 1.82) is 0 Å². The molecule has 1 unspecified atom stereocenters. The fourth-order valence-electron chi connectivity index (χ4n) is 4.58. The molecule has 2 amide bonds. The average Bonchev–Trinajstić information content (AvgIpc) is 2.89. The van der Waals surface area contributed by atoms with Crippen LogP contribution in [0.3, 0.4) is 0 Å². The number of hydrogen-bond acceptors (Lipinski definition) is 4. The maximum Gasteiger partial charge on any atom is 0.243 e. The number of nitrogens with one attached hydrogen (secondary N) is 1. The van der Waals surface area contributed by atoms with Crippen LogP contribution < -0.4 is 9.62 Å². The van der Waals surface area contributed by atoms with Crippen molar-refractivity contribution in [3.8, 4) is 0 Å². The number of carbonyl (C=O) groups is 2. The zero-order valence-corrected chi connectivity index (χ0v) is 27.1. The van der Waals surface area contributed by atoms with Gasteiger partial charge in [-0.15, -0.1) is 0 Å². The lowest BCUT2D eigenvalue weighted by Gasteiger charge is -2.34. The van der Waals surface area contributed by atoms with E-state index < -0.39 is 21.6 Å². The number of halogens is 2. The molecule has 1 N–H and O–H groups in total. The van der Waals surface area contributed by atoms with Gasteiger partial charge in [-0.2, -0.15) is 0 Å². The molecule has 226 valence electrons. The van der Waals surface area contributed by atoms with Crippen molar-refractivity contribution in [2.45, 2.75) is 65.1 Å². The molecule has 3 rings (SSSR count). The van der Waals surface area contributed by atoms with Crippen molar-refractivity contribution < 1.29 is 18.0 Å². The maximum absolute atomic E-state index is 14.0. The predicted octanol–water partition coefficient (Wildman–Crippen LogP) is 6.40. The van der Waals surface area contributed by atoms with E-state index in [2.05, 4.69) is 5.32 Å². The molecule has 7 nitrogen and oxygen atoms in total. The topological polar surface area (TPSA) is 86.8 Å². The normalized spacial score (nSPS) is 12.5. The van der Waals surface area contributed by atoms with Gasteiger partial charge < -0.3 is 10.2 Å². The zero-order chi connectivity index (χ0) is 31.1. The van der Waals surface area contributed by atoms with E-state index in [-0.39, 0.29) is 44.2 Å². The molecule has 0 saturated heterocycles. The van der Waals surface area contributed by atoms with Gasteiger partial charge in [0.15, 0.2) is 0 Å². The second-order valence-electron chi connectivity index (χ2n) is 11.4. The largest absolute Gasteiger partial charge is 0.350 e. The molecule has 0 bridgehead atoms. The molecule has 0 aliphatic carbocycles. The minimum atomic E-state index is -3.59. The Kier molecular flexibility index (Phi) is 11.5. The van der Waals surface area contributed by atoms with Crippen molar-refractivity contribution >= 4 is 50.7 Å². The van der Waals surface area contributed by atoms with Crippen LogP contribution in [0.4, 0.5) is 5.69 Å². The number of aryl methyl sites for hydroxylation is 1. The minimum Gasteiger partial charge on any atom is -0.350 e. The van der Waals surface area contributed by atoms with Gasteiger partial charge in [0.2, 0.25) is 21.8 Å². The van der Waals surface area contributed by atoms with Crippen molar-refractivity contribution in [2.24, 2.45) is 0 Å². The van der Waals surface area contributed by atoms with Gasteiger partial charge in [0.05, 0.1) is 11.9 Å². The second kappa shape index (κ2) is 14.4. The van der Waals surface area contributed by atoms with Crippen molar-refractivity contribution in [1.82, 2.24) is 10.2 Å². The lowest BCUT2D eigenvalue weighted by molar-refractivity contribution is -0.142. The van der Waals surface area contributed by atoms with Crippen LogP contribution in [-0.4, -0.2) is 49.5 Å². The average molecular weight is 633 g/mol. The highest BCUT2D eigenvalue weighted by Crippen LogP contribution is 2.28. The van der Waals surface area contributed by atoms with E-state index in [0.29, 0.717) is 21.3 Å². The lowest BCUT2D eigenvalue weighted by Crippen LogP contribution is -2.54. The summed E-state index contributed by atoms with van der Waals surface area (Å²) in [6.07, 6.45) is 1.67. The monoisotopic (exact) mass is 631 g/mol. The summed E-state index contributed by atoms with van der Waals surface area (Å²) >= 11 is 13.0. The Morgan fingerprint density at radius 1 is 0.905 bits per heavy atom. The van der Waals surface area contributed by atoms with Crippen LogP contribution >= 0.6 is 23.2 Å². The zero-order valence-electron chi connectivity index (χ0n) is 24.7. The van der Waals surface area contributed by atoms with Crippen molar-refractivity contribution in [3.63, 3.8) is 0 Å². The molecule has 0 fully saturated rings. The molecule has 42 heavy (non-hydrogen) atoms. The highest BCUT2D eigenvalue weighted by atomic mass is 35.5. The van der Waals surface area contributed by atoms with Gasteiger partial charge in [0.1, 0.15) is 6.04 Å². The Hall–Kier alpha value is -3.07. The molecule has 0 aliphatic rings. The molecule has 0 spiro atoms. The van der Waals surface area contributed by atoms with Gasteiger partial charge in [-0.3, -0.25) is 13.9 Å². The first kappa shape index (κ1) is 33.4. The number of anilines is 1. The van der Waals surface area contributed by atoms with Gasteiger partial charge in [-0.05, 0) is 63.9 Å². The number of carbonyl (C=O) groups excluding carboxylic acids is 2. The SMILES string of the molecule is Cc1ccc(N(CCCC(=O)N(Cc2c(Cl)cccc2Cl)C(Cc2ccccc2)C(=O)NC(C)(C)C)S(C)(=O)=O)cc1. The number of benzene rings is 3. The molecule has 3 aromatic rings. The molecule has 0 aliphatic heterocycles. The van der Waals surface area contributed by atoms with E-state index in [1.54, 1.807) is 30.3 Å². The first-order valence-corrected chi connectivity index (χ1v) is 16.4. The molecular formula is C32H39Cl2N3O4S. The highest BCUT2D eigenvalue weighted by molar-refractivity contribution is 7.92. The van der Waals surface area contributed by atoms with Gasteiger partial charge >= 0.3 is 0 Å². The van der Waals surface area contributed by atoms with Crippen LogP contribution in [0.2, 0.25) is 10.0 Å². The number of rotatable bonds is 12. The van der Waals surface area contributed by atoms with Crippen molar-refractivity contribution in [3.05, 3.63) is 99.5 Å². The molecule has 10 heteroatoms. The summed E-state index contributed by atoms with van der Waals surface area (Å²) in [6, 6.07) is 20.9. The number of sulfonamides is 1. The number of hydrogen-bond donors (Lipinski definition) is 1. The van der Waals surface area contributed by atoms with E-state index in [0.717, 1.165) is 17.4 Å². The third-order valence-electron chi connectivity index (χ3n) is 6.63. The van der Waals surface area contributed by atoms with E-state index in [9.17, 15) is 18.0 Å². The third-order valence-corrected chi connectivity index (χ3v) is 8.54. The maximum atomic E-state index is 14.0. The van der Waals surface area contributed by atoms with Gasteiger partial charge in [-0.25, -0.2) is 8.42 Å². The van der Waals surface area contributed by atoms with E-state index in [4.69, 9.17) is 23.2 Å². The lowest BCUT2D eigenvalue weighted by atomic mass is 10.00. The summed E-state index contributed by atoms with van der Waals surface area (Å²) in [5.74, 6) is -0.617. The molecule has 0 radical (unpaired) electrons. The summed E-state index contributed by atoms with van der Waals surface area (Å²) < 4.78 is 26.5. The second-order valence-corrected chi connectivity index (χ2v) is 14.2. The summed E-state index contributed by atoms with van der Waals surface area (Å²) in [5, 5.41) is 3.80. The van der Waals surface area contributed by atoms with Gasteiger partial charge in [-0.1, -0.05) is 77.3 Å².